The molecule has 2 aromatic carbocycles. The van der Waals surface area contributed by atoms with Gasteiger partial charge in [-0.1, -0.05) is 6.07 Å². The van der Waals surface area contributed by atoms with E-state index in [1.807, 2.05) is 4.90 Å². The maximum atomic E-state index is 12.4. The first-order valence-electron chi connectivity index (χ1n) is 8.61. The molecule has 3 rings (SSSR count). The molecule has 134 valence electrons. The summed E-state index contributed by atoms with van der Waals surface area (Å²) in [4.78, 5) is 37.7. The predicted molar refractivity (Wildman–Crippen MR) is 100 cm³/mol. The smallest absolute Gasteiger partial charge is 0.255 e. The van der Waals surface area contributed by atoms with Gasteiger partial charge < -0.3 is 15.5 Å². The lowest BCUT2D eigenvalue weighted by Gasteiger charge is -2.15. The molecule has 2 aromatic rings. The highest BCUT2D eigenvalue weighted by Gasteiger charge is 2.19. The summed E-state index contributed by atoms with van der Waals surface area (Å²) in [7, 11) is 0. The Balaban J connectivity index is 1.66. The van der Waals surface area contributed by atoms with Gasteiger partial charge in [0.1, 0.15) is 0 Å². The van der Waals surface area contributed by atoms with E-state index in [9.17, 15) is 14.4 Å². The Morgan fingerprint density at radius 1 is 0.846 bits per heavy atom. The quantitative estimate of drug-likeness (QED) is 0.888. The van der Waals surface area contributed by atoms with Crippen molar-refractivity contribution in [2.75, 3.05) is 23.7 Å². The summed E-state index contributed by atoms with van der Waals surface area (Å²) in [5, 5.41) is 5.46. The van der Waals surface area contributed by atoms with Crippen molar-refractivity contribution in [1.29, 1.82) is 0 Å². The molecule has 1 aliphatic rings. The van der Waals surface area contributed by atoms with Crippen LogP contribution in [0.15, 0.2) is 48.5 Å². The fraction of sp³-hybridized carbons (Fsp3) is 0.250. The molecule has 2 N–H and O–H groups in total. The van der Waals surface area contributed by atoms with Crippen molar-refractivity contribution in [2.24, 2.45) is 0 Å². The van der Waals surface area contributed by atoms with Gasteiger partial charge in [0, 0.05) is 42.5 Å². The third-order valence-electron chi connectivity index (χ3n) is 4.23. The van der Waals surface area contributed by atoms with Gasteiger partial charge in [-0.15, -0.1) is 0 Å². The normalized spacial score (nSPS) is 13.3. The average Bonchev–Trinajstić information content (AvgIpc) is 3.15. The number of hydrogen-bond donors (Lipinski definition) is 2. The molecule has 26 heavy (non-hydrogen) atoms. The molecule has 0 aliphatic carbocycles. The fourth-order valence-electron chi connectivity index (χ4n) is 2.95. The second-order valence-corrected chi connectivity index (χ2v) is 6.29. The molecule has 0 bridgehead atoms. The predicted octanol–water partition coefficient (Wildman–Crippen LogP) is 3.13. The van der Waals surface area contributed by atoms with E-state index in [0.717, 1.165) is 25.9 Å². The Kier molecular flexibility index (Phi) is 5.31. The molecule has 0 spiro atoms. The van der Waals surface area contributed by atoms with Crippen LogP contribution in [0.25, 0.3) is 0 Å². The molecule has 0 unspecified atom stereocenters. The van der Waals surface area contributed by atoms with Crippen LogP contribution < -0.4 is 10.6 Å². The van der Waals surface area contributed by atoms with Crippen molar-refractivity contribution in [3.8, 4) is 0 Å². The van der Waals surface area contributed by atoms with Crippen molar-refractivity contribution < 1.29 is 14.4 Å². The van der Waals surface area contributed by atoms with Gasteiger partial charge in [0.05, 0.1) is 0 Å². The molecular formula is C20H21N3O3. The van der Waals surface area contributed by atoms with Crippen LogP contribution in [0.3, 0.4) is 0 Å². The van der Waals surface area contributed by atoms with Crippen molar-refractivity contribution in [1.82, 2.24) is 4.90 Å². The van der Waals surface area contributed by atoms with Crippen molar-refractivity contribution in [3.05, 3.63) is 59.7 Å². The number of rotatable bonds is 4. The van der Waals surface area contributed by atoms with E-state index < -0.39 is 0 Å². The highest BCUT2D eigenvalue weighted by molar-refractivity contribution is 6.05. The van der Waals surface area contributed by atoms with Gasteiger partial charge in [-0.3, -0.25) is 14.4 Å². The Hall–Kier alpha value is -3.15. The lowest BCUT2D eigenvalue weighted by atomic mass is 10.1. The minimum Gasteiger partial charge on any atom is -0.339 e. The van der Waals surface area contributed by atoms with Gasteiger partial charge in [0.25, 0.3) is 11.8 Å². The van der Waals surface area contributed by atoms with Crippen LogP contribution in [-0.2, 0) is 4.79 Å². The van der Waals surface area contributed by atoms with E-state index in [2.05, 4.69) is 10.6 Å². The average molecular weight is 351 g/mol. The maximum absolute atomic E-state index is 12.4. The van der Waals surface area contributed by atoms with Gasteiger partial charge in [-0.2, -0.15) is 0 Å². The van der Waals surface area contributed by atoms with Crippen LogP contribution in [0, 0.1) is 0 Å². The summed E-state index contributed by atoms with van der Waals surface area (Å²) in [6, 6.07) is 13.6. The number of likely N-dealkylation sites (tertiary alicyclic amines) is 1. The zero-order valence-corrected chi connectivity index (χ0v) is 14.6. The largest absolute Gasteiger partial charge is 0.339 e. The number of amides is 3. The highest BCUT2D eigenvalue weighted by Crippen LogP contribution is 2.17. The zero-order valence-electron chi connectivity index (χ0n) is 14.6. The lowest BCUT2D eigenvalue weighted by Crippen LogP contribution is -2.27. The van der Waals surface area contributed by atoms with Gasteiger partial charge in [-0.05, 0) is 55.3 Å². The first-order chi connectivity index (χ1) is 12.5. The number of carbonyl (C=O) groups is 3. The van der Waals surface area contributed by atoms with E-state index >= 15 is 0 Å². The van der Waals surface area contributed by atoms with Crippen molar-refractivity contribution in [3.63, 3.8) is 0 Å². The number of benzene rings is 2. The van der Waals surface area contributed by atoms with Gasteiger partial charge in [-0.25, -0.2) is 0 Å². The van der Waals surface area contributed by atoms with E-state index in [0.29, 0.717) is 22.5 Å². The minimum absolute atomic E-state index is 0.0115. The van der Waals surface area contributed by atoms with Crippen LogP contribution in [-0.4, -0.2) is 35.7 Å². The standard InChI is InChI=1S/C20H21N3O3/c1-14(24)21-17-5-4-6-18(13-17)22-19(25)15-7-9-16(10-8-15)20(26)23-11-2-3-12-23/h4-10,13H,2-3,11-12H2,1H3,(H,21,24)(H,22,25). The third kappa shape index (κ3) is 4.27. The van der Waals surface area contributed by atoms with Gasteiger partial charge in [0.15, 0.2) is 0 Å². The molecule has 1 aliphatic heterocycles. The number of nitrogens with one attached hydrogen (secondary N) is 2. The van der Waals surface area contributed by atoms with E-state index in [4.69, 9.17) is 0 Å². The highest BCUT2D eigenvalue weighted by atomic mass is 16.2. The number of anilines is 2. The van der Waals surface area contributed by atoms with Crippen molar-refractivity contribution in [2.45, 2.75) is 19.8 Å². The SMILES string of the molecule is CC(=O)Nc1cccc(NC(=O)c2ccc(C(=O)N3CCCC3)cc2)c1. The van der Waals surface area contributed by atoms with E-state index in [-0.39, 0.29) is 17.7 Å². The van der Waals surface area contributed by atoms with Crippen LogP contribution in [0.4, 0.5) is 11.4 Å². The van der Waals surface area contributed by atoms with Gasteiger partial charge in [0.2, 0.25) is 5.91 Å². The summed E-state index contributed by atoms with van der Waals surface area (Å²) in [6.07, 6.45) is 2.09. The summed E-state index contributed by atoms with van der Waals surface area (Å²) >= 11 is 0. The second kappa shape index (κ2) is 7.82. The van der Waals surface area contributed by atoms with Gasteiger partial charge >= 0.3 is 0 Å². The molecule has 1 fully saturated rings. The molecule has 0 radical (unpaired) electrons. The molecule has 3 amide bonds. The van der Waals surface area contributed by atoms with Crippen LogP contribution >= 0.6 is 0 Å². The monoisotopic (exact) mass is 351 g/mol. The lowest BCUT2D eigenvalue weighted by molar-refractivity contribution is -0.114. The second-order valence-electron chi connectivity index (χ2n) is 6.29. The zero-order chi connectivity index (χ0) is 18.5. The van der Waals surface area contributed by atoms with E-state index in [1.54, 1.807) is 48.5 Å². The maximum Gasteiger partial charge on any atom is 0.255 e. The molecule has 0 atom stereocenters. The first-order valence-corrected chi connectivity index (χ1v) is 8.61. The Morgan fingerprint density at radius 3 is 2.04 bits per heavy atom. The molecule has 0 saturated carbocycles. The summed E-state index contributed by atoms with van der Waals surface area (Å²) in [5.74, 6) is -0.436. The summed E-state index contributed by atoms with van der Waals surface area (Å²) in [6.45, 7) is 3.02. The fourth-order valence-corrected chi connectivity index (χ4v) is 2.95. The first kappa shape index (κ1) is 17.7. The molecule has 0 aromatic heterocycles. The van der Waals surface area contributed by atoms with E-state index in [1.165, 1.54) is 6.92 Å². The molecular weight excluding hydrogens is 330 g/mol. The third-order valence-corrected chi connectivity index (χ3v) is 4.23. The molecule has 1 heterocycles. The van der Waals surface area contributed by atoms with Crippen LogP contribution in [0.1, 0.15) is 40.5 Å². The number of nitrogens with zero attached hydrogens (tertiary/aromatic N) is 1. The number of hydrogen-bond acceptors (Lipinski definition) is 3. The summed E-state index contributed by atoms with van der Waals surface area (Å²) < 4.78 is 0. The summed E-state index contributed by atoms with van der Waals surface area (Å²) in [5.41, 5.74) is 2.25. The molecule has 6 heteroatoms. The molecule has 1 saturated heterocycles. The van der Waals surface area contributed by atoms with Crippen LogP contribution in [0.2, 0.25) is 0 Å². The Labute approximate surface area is 152 Å². The Morgan fingerprint density at radius 2 is 1.42 bits per heavy atom. The minimum atomic E-state index is -0.273. The molecule has 6 nitrogen and oxygen atoms in total. The Bertz CT molecular complexity index is 824. The topological polar surface area (TPSA) is 78.5 Å². The van der Waals surface area contributed by atoms with Crippen molar-refractivity contribution >= 4 is 29.1 Å². The number of carbonyl (C=O) groups excluding carboxylic acids is 3. The van der Waals surface area contributed by atoms with Crippen LogP contribution in [0.5, 0.6) is 0 Å².